The van der Waals surface area contributed by atoms with Gasteiger partial charge in [0.1, 0.15) is 0 Å². The SMILES string of the molecule is CCCC(=O)NCC1CCC(C(=O)NC(C)C)CC1. The first-order valence-corrected chi connectivity index (χ1v) is 7.60. The molecule has 1 saturated carbocycles. The summed E-state index contributed by atoms with van der Waals surface area (Å²) in [5.74, 6) is 1.07. The molecule has 1 fully saturated rings. The van der Waals surface area contributed by atoms with Crippen LogP contribution in [0.25, 0.3) is 0 Å². The van der Waals surface area contributed by atoms with Crippen LogP contribution in [0.3, 0.4) is 0 Å². The maximum atomic E-state index is 11.9. The van der Waals surface area contributed by atoms with Gasteiger partial charge >= 0.3 is 0 Å². The Morgan fingerprint density at radius 2 is 1.79 bits per heavy atom. The normalized spacial score (nSPS) is 23.2. The molecular weight excluding hydrogens is 240 g/mol. The summed E-state index contributed by atoms with van der Waals surface area (Å²) in [7, 11) is 0. The molecule has 0 aromatic rings. The molecule has 0 bridgehead atoms. The third-order valence-electron chi connectivity index (χ3n) is 3.71. The van der Waals surface area contributed by atoms with Crippen LogP contribution in [0.2, 0.25) is 0 Å². The van der Waals surface area contributed by atoms with Crippen LogP contribution in [0.1, 0.15) is 59.3 Å². The van der Waals surface area contributed by atoms with Gasteiger partial charge in [-0.15, -0.1) is 0 Å². The number of rotatable bonds is 6. The van der Waals surface area contributed by atoms with Crippen molar-refractivity contribution >= 4 is 11.8 Å². The summed E-state index contributed by atoms with van der Waals surface area (Å²) < 4.78 is 0. The van der Waals surface area contributed by atoms with Gasteiger partial charge in [0.2, 0.25) is 11.8 Å². The quantitative estimate of drug-likeness (QED) is 0.776. The molecule has 1 aliphatic carbocycles. The van der Waals surface area contributed by atoms with E-state index < -0.39 is 0 Å². The summed E-state index contributed by atoms with van der Waals surface area (Å²) in [4.78, 5) is 23.3. The molecule has 110 valence electrons. The number of hydrogen-bond donors (Lipinski definition) is 2. The lowest BCUT2D eigenvalue weighted by atomic mass is 9.81. The fourth-order valence-corrected chi connectivity index (χ4v) is 2.60. The van der Waals surface area contributed by atoms with Gasteiger partial charge in [-0.25, -0.2) is 0 Å². The van der Waals surface area contributed by atoms with Crippen LogP contribution in [-0.4, -0.2) is 24.4 Å². The predicted octanol–water partition coefficient (Wildman–Crippen LogP) is 2.23. The molecule has 0 aromatic carbocycles. The van der Waals surface area contributed by atoms with Crippen LogP contribution < -0.4 is 10.6 Å². The standard InChI is InChI=1S/C15H28N2O2/c1-4-5-14(18)16-10-12-6-8-13(9-7-12)15(19)17-11(2)3/h11-13H,4-10H2,1-3H3,(H,16,18)(H,17,19). The zero-order chi connectivity index (χ0) is 14.3. The molecule has 0 spiro atoms. The second-order valence-electron chi connectivity index (χ2n) is 5.94. The van der Waals surface area contributed by atoms with E-state index >= 15 is 0 Å². The second-order valence-corrected chi connectivity index (χ2v) is 5.94. The third kappa shape index (κ3) is 6.08. The van der Waals surface area contributed by atoms with E-state index in [4.69, 9.17) is 0 Å². The summed E-state index contributed by atoms with van der Waals surface area (Å²) in [6, 6.07) is 0.221. The van der Waals surface area contributed by atoms with E-state index in [1.165, 1.54) is 0 Å². The molecule has 1 aliphatic rings. The number of nitrogens with one attached hydrogen (secondary N) is 2. The molecule has 0 atom stereocenters. The highest BCUT2D eigenvalue weighted by Crippen LogP contribution is 2.28. The Kier molecular flexibility index (Phi) is 6.89. The molecule has 0 radical (unpaired) electrons. The lowest BCUT2D eigenvalue weighted by molar-refractivity contribution is -0.127. The summed E-state index contributed by atoms with van der Waals surface area (Å²) in [5.41, 5.74) is 0. The van der Waals surface area contributed by atoms with E-state index in [0.29, 0.717) is 12.3 Å². The summed E-state index contributed by atoms with van der Waals surface area (Å²) >= 11 is 0. The van der Waals surface area contributed by atoms with Crippen molar-refractivity contribution < 1.29 is 9.59 Å². The number of carbonyl (C=O) groups is 2. The van der Waals surface area contributed by atoms with Crippen molar-refractivity contribution in [2.45, 2.75) is 65.3 Å². The molecule has 0 saturated heterocycles. The summed E-state index contributed by atoms with van der Waals surface area (Å²) in [6.45, 7) is 6.77. The van der Waals surface area contributed by atoms with Crippen molar-refractivity contribution in [2.24, 2.45) is 11.8 Å². The van der Waals surface area contributed by atoms with Gasteiger partial charge in [0.15, 0.2) is 0 Å². The van der Waals surface area contributed by atoms with Crippen LogP contribution in [0.4, 0.5) is 0 Å². The number of carbonyl (C=O) groups excluding carboxylic acids is 2. The third-order valence-corrected chi connectivity index (χ3v) is 3.71. The largest absolute Gasteiger partial charge is 0.356 e. The molecule has 0 unspecified atom stereocenters. The topological polar surface area (TPSA) is 58.2 Å². The van der Waals surface area contributed by atoms with Gasteiger partial charge in [-0.3, -0.25) is 9.59 Å². The van der Waals surface area contributed by atoms with Gasteiger partial charge in [-0.1, -0.05) is 6.92 Å². The van der Waals surface area contributed by atoms with Crippen LogP contribution in [0.5, 0.6) is 0 Å². The van der Waals surface area contributed by atoms with Crippen LogP contribution in [-0.2, 0) is 9.59 Å². The van der Waals surface area contributed by atoms with Crippen LogP contribution in [0.15, 0.2) is 0 Å². The fraction of sp³-hybridized carbons (Fsp3) is 0.867. The number of amides is 2. The Morgan fingerprint density at radius 1 is 1.16 bits per heavy atom. The Labute approximate surface area is 116 Å². The highest BCUT2D eigenvalue weighted by Gasteiger charge is 2.26. The molecule has 1 rings (SSSR count). The van der Waals surface area contributed by atoms with Crippen LogP contribution >= 0.6 is 0 Å². The van der Waals surface area contributed by atoms with E-state index in [2.05, 4.69) is 10.6 Å². The molecule has 19 heavy (non-hydrogen) atoms. The minimum absolute atomic E-state index is 0.155. The van der Waals surface area contributed by atoms with E-state index in [1.54, 1.807) is 0 Å². The smallest absolute Gasteiger partial charge is 0.223 e. The van der Waals surface area contributed by atoms with Gasteiger partial charge < -0.3 is 10.6 Å². The average molecular weight is 268 g/mol. The monoisotopic (exact) mass is 268 g/mol. The van der Waals surface area contributed by atoms with E-state index in [0.717, 1.165) is 38.6 Å². The lowest BCUT2D eigenvalue weighted by Crippen LogP contribution is -2.38. The molecule has 4 nitrogen and oxygen atoms in total. The van der Waals surface area contributed by atoms with Crippen molar-refractivity contribution in [3.8, 4) is 0 Å². The molecule has 2 amide bonds. The molecular formula is C15H28N2O2. The number of hydrogen-bond acceptors (Lipinski definition) is 2. The van der Waals surface area contributed by atoms with Gasteiger partial charge in [0, 0.05) is 24.9 Å². The molecule has 0 aromatic heterocycles. The molecule has 0 aliphatic heterocycles. The van der Waals surface area contributed by atoms with Gasteiger partial charge in [0.25, 0.3) is 0 Å². The Hall–Kier alpha value is -1.06. The minimum atomic E-state index is 0.155. The van der Waals surface area contributed by atoms with E-state index in [-0.39, 0.29) is 23.8 Å². The van der Waals surface area contributed by atoms with Crippen molar-refractivity contribution in [2.75, 3.05) is 6.54 Å². The van der Waals surface area contributed by atoms with Crippen molar-refractivity contribution in [1.82, 2.24) is 10.6 Å². The maximum absolute atomic E-state index is 11.9. The van der Waals surface area contributed by atoms with Gasteiger partial charge in [-0.2, -0.15) is 0 Å². The minimum Gasteiger partial charge on any atom is -0.356 e. The van der Waals surface area contributed by atoms with Crippen molar-refractivity contribution in [3.63, 3.8) is 0 Å². The Balaban J connectivity index is 2.21. The zero-order valence-corrected chi connectivity index (χ0v) is 12.5. The zero-order valence-electron chi connectivity index (χ0n) is 12.5. The predicted molar refractivity (Wildman–Crippen MR) is 76.6 cm³/mol. The van der Waals surface area contributed by atoms with Crippen molar-refractivity contribution in [1.29, 1.82) is 0 Å². The van der Waals surface area contributed by atoms with Crippen molar-refractivity contribution in [3.05, 3.63) is 0 Å². The highest BCUT2D eigenvalue weighted by atomic mass is 16.2. The van der Waals surface area contributed by atoms with E-state index in [9.17, 15) is 9.59 Å². The molecule has 0 heterocycles. The Bertz CT molecular complexity index is 295. The first-order chi connectivity index (χ1) is 9.02. The van der Waals surface area contributed by atoms with Gasteiger partial charge in [0.05, 0.1) is 0 Å². The Morgan fingerprint density at radius 3 is 2.32 bits per heavy atom. The lowest BCUT2D eigenvalue weighted by Gasteiger charge is -2.28. The van der Waals surface area contributed by atoms with E-state index in [1.807, 2.05) is 20.8 Å². The summed E-state index contributed by atoms with van der Waals surface area (Å²) in [6.07, 6.45) is 5.50. The maximum Gasteiger partial charge on any atom is 0.223 e. The fourth-order valence-electron chi connectivity index (χ4n) is 2.60. The molecule has 4 heteroatoms. The first-order valence-electron chi connectivity index (χ1n) is 7.60. The van der Waals surface area contributed by atoms with Crippen LogP contribution in [0, 0.1) is 11.8 Å². The first kappa shape index (κ1) is 16.0. The van der Waals surface area contributed by atoms with Gasteiger partial charge in [-0.05, 0) is 51.9 Å². The highest BCUT2D eigenvalue weighted by molar-refractivity contribution is 5.79. The average Bonchev–Trinajstić information content (AvgIpc) is 2.36. The summed E-state index contributed by atoms with van der Waals surface area (Å²) in [5, 5.41) is 5.98. The second kappa shape index (κ2) is 8.18. The molecule has 2 N–H and O–H groups in total.